The van der Waals surface area contributed by atoms with Crippen LogP contribution in [0.15, 0.2) is 29.2 Å². The van der Waals surface area contributed by atoms with Crippen molar-refractivity contribution in [2.24, 2.45) is 5.92 Å². The fourth-order valence-electron chi connectivity index (χ4n) is 4.13. The van der Waals surface area contributed by atoms with Crippen LogP contribution in [-0.4, -0.2) is 68.7 Å². The monoisotopic (exact) mass is 363 g/mol. The summed E-state index contributed by atoms with van der Waals surface area (Å²) in [7, 11) is 0.0556. The second-order valence-electron chi connectivity index (χ2n) is 7.76. The van der Waals surface area contributed by atoms with Gasteiger partial charge in [0.05, 0.1) is 17.0 Å². The molecule has 6 nitrogen and oxygen atoms in total. The van der Waals surface area contributed by atoms with E-state index in [1.807, 2.05) is 12.1 Å². The molecule has 1 spiro atoms. The predicted molar refractivity (Wildman–Crippen MR) is 94.5 cm³/mol. The molecule has 25 heavy (non-hydrogen) atoms. The van der Waals surface area contributed by atoms with Gasteiger partial charge in [-0.25, -0.2) is 8.42 Å². The number of hydrogen-bond donors (Lipinski definition) is 0. The summed E-state index contributed by atoms with van der Waals surface area (Å²) in [5.74, 6) is 0.540. The van der Waals surface area contributed by atoms with Crippen molar-refractivity contribution in [2.75, 3.05) is 40.3 Å². The number of hydrogen-bond acceptors (Lipinski definition) is 4. The Bertz CT molecular complexity index is 804. The number of benzene rings is 1. The Morgan fingerprint density at radius 2 is 2.00 bits per heavy atom. The minimum atomic E-state index is -3.45. The molecule has 1 aromatic rings. The first-order valence-corrected chi connectivity index (χ1v) is 10.3. The van der Waals surface area contributed by atoms with Gasteiger partial charge in [-0.2, -0.15) is 4.31 Å². The van der Waals surface area contributed by atoms with E-state index in [-0.39, 0.29) is 5.91 Å². The molecule has 2 fully saturated rings. The van der Waals surface area contributed by atoms with E-state index in [1.54, 1.807) is 35.4 Å². The van der Waals surface area contributed by atoms with Crippen LogP contribution in [0, 0.1) is 5.92 Å². The Morgan fingerprint density at radius 1 is 1.28 bits per heavy atom. The molecule has 1 unspecified atom stereocenters. The highest BCUT2D eigenvalue weighted by Gasteiger charge is 2.57. The van der Waals surface area contributed by atoms with Gasteiger partial charge in [0.2, 0.25) is 15.9 Å². The summed E-state index contributed by atoms with van der Waals surface area (Å²) < 4.78 is 28.1. The standard InChI is InChI=1S/C18H25N3O3S/c1-19(2)17(22)12-20-10-9-18(13-20)15-5-3-4-6-16(15)25(23,24)21(18)11-14-7-8-14/h3-6,14H,7-13H2,1-2H3. The van der Waals surface area contributed by atoms with Crippen LogP contribution in [0.2, 0.25) is 0 Å². The summed E-state index contributed by atoms with van der Waals surface area (Å²) in [4.78, 5) is 16.2. The van der Waals surface area contributed by atoms with E-state index in [4.69, 9.17) is 0 Å². The molecule has 4 rings (SSSR count). The van der Waals surface area contributed by atoms with Crippen LogP contribution in [-0.2, 0) is 20.4 Å². The summed E-state index contributed by atoms with van der Waals surface area (Å²) in [5.41, 5.74) is 0.403. The number of likely N-dealkylation sites (N-methyl/N-ethyl adjacent to an activating group) is 1. The predicted octanol–water partition coefficient (Wildman–Crippen LogP) is 1.09. The van der Waals surface area contributed by atoms with Crippen LogP contribution in [0.5, 0.6) is 0 Å². The maximum atomic E-state index is 13.2. The molecule has 2 aliphatic heterocycles. The van der Waals surface area contributed by atoms with Gasteiger partial charge in [-0.3, -0.25) is 9.69 Å². The lowest BCUT2D eigenvalue weighted by molar-refractivity contribution is -0.129. The SMILES string of the molecule is CN(C)C(=O)CN1CCC2(C1)c1ccccc1S(=O)(=O)N2CC1CC1. The van der Waals surface area contributed by atoms with Crippen LogP contribution in [0.1, 0.15) is 24.8 Å². The molecule has 1 atom stereocenters. The van der Waals surface area contributed by atoms with Gasteiger partial charge in [0, 0.05) is 33.7 Å². The lowest BCUT2D eigenvalue weighted by atomic mass is 9.88. The molecule has 0 N–H and O–H groups in total. The Labute approximate surface area is 149 Å². The number of amides is 1. The molecule has 1 saturated carbocycles. The van der Waals surface area contributed by atoms with Crippen LogP contribution >= 0.6 is 0 Å². The Morgan fingerprint density at radius 3 is 2.68 bits per heavy atom. The quantitative estimate of drug-likeness (QED) is 0.803. The van der Waals surface area contributed by atoms with E-state index < -0.39 is 15.6 Å². The summed E-state index contributed by atoms with van der Waals surface area (Å²) in [6, 6.07) is 7.40. The van der Waals surface area contributed by atoms with Crippen molar-refractivity contribution in [1.29, 1.82) is 0 Å². The summed E-state index contributed by atoms with van der Waals surface area (Å²) in [6.07, 6.45) is 2.97. The van der Waals surface area contributed by atoms with Gasteiger partial charge in [-0.05, 0) is 36.8 Å². The lowest BCUT2D eigenvalue weighted by Crippen LogP contribution is -2.47. The molecule has 0 bridgehead atoms. The lowest BCUT2D eigenvalue weighted by Gasteiger charge is -2.34. The molecular formula is C18H25N3O3S. The molecule has 0 radical (unpaired) electrons. The molecule has 1 amide bonds. The van der Waals surface area contributed by atoms with Gasteiger partial charge in [0.25, 0.3) is 0 Å². The van der Waals surface area contributed by atoms with E-state index in [0.29, 0.717) is 30.4 Å². The highest BCUT2D eigenvalue weighted by molar-refractivity contribution is 7.89. The van der Waals surface area contributed by atoms with Crippen molar-refractivity contribution in [2.45, 2.75) is 29.7 Å². The Balaban J connectivity index is 1.69. The molecule has 1 aromatic carbocycles. The molecule has 1 saturated heterocycles. The third-order valence-corrected chi connectivity index (χ3v) is 7.73. The van der Waals surface area contributed by atoms with Crippen molar-refractivity contribution >= 4 is 15.9 Å². The first kappa shape index (κ1) is 17.0. The van der Waals surface area contributed by atoms with Crippen molar-refractivity contribution < 1.29 is 13.2 Å². The summed E-state index contributed by atoms with van der Waals surface area (Å²) in [6.45, 7) is 2.28. The number of sulfonamides is 1. The fourth-order valence-corrected chi connectivity index (χ4v) is 6.27. The van der Waals surface area contributed by atoms with E-state index in [2.05, 4.69) is 4.90 Å². The second-order valence-corrected chi connectivity index (χ2v) is 9.59. The molecule has 3 aliphatic rings. The number of rotatable bonds is 4. The van der Waals surface area contributed by atoms with Gasteiger partial charge < -0.3 is 4.90 Å². The van der Waals surface area contributed by atoms with E-state index in [9.17, 15) is 13.2 Å². The molecular weight excluding hydrogens is 338 g/mol. The highest BCUT2D eigenvalue weighted by atomic mass is 32.2. The second kappa shape index (κ2) is 5.79. The summed E-state index contributed by atoms with van der Waals surface area (Å²) in [5, 5.41) is 0. The number of nitrogens with zero attached hydrogens (tertiary/aromatic N) is 3. The van der Waals surface area contributed by atoms with Gasteiger partial charge in [-0.15, -0.1) is 0 Å². The maximum absolute atomic E-state index is 13.2. The molecule has 7 heteroatoms. The molecule has 2 heterocycles. The van der Waals surface area contributed by atoms with Crippen molar-refractivity contribution in [3.63, 3.8) is 0 Å². The van der Waals surface area contributed by atoms with Crippen LogP contribution in [0.25, 0.3) is 0 Å². The topological polar surface area (TPSA) is 60.9 Å². The zero-order chi connectivity index (χ0) is 17.8. The smallest absolute Gasteiger partial charge is 0.244 e. The minimum absolute atomic E-state index is 0.0555. The van der Waals surface area contributed by atoms with Gasteiger partial charge in [0.1, 0.15) is 0 Å². The average molecular weight is 363 g/mol. The maximum Gasteiger partial charge on any atom is 0.244 e. The van der Waals surface area contributed by atoms with Gasteiger partial charge in [-0.1, -0.05) is 18.2 Å². The summed E-state index contributed by atoms with van der Waals surface area (Å²) >= 11 is 0. The molecule has 136 valence electrons. The van der Waals surface area contributed by atoms with Gasteiger partial charge >= 0.3 is 0 Å². The van der Waals surface area contributed by atoms with E-state index in [1.165, 1.54) is 0 Å². The number of carbonyl (C=O) groups is 1. The Kier molecular flexibility index (Phi) is 3.94. The fraction of sp³-hybridized carbons (Fsp3) is 0.611. The zero-order valence-corrected chi connectivity index (χ0v) is 15.6. The number of carbonyl (C=O) groups excluding carboxylic acids is 1. The molecule has 0 aromatic heterocycles. The normalized spacial score (nSPS) is 28.4. The number of likely N-dealkylation sites (tertiary alicyclic amines) is 1. The third kappa shape index (κ3) is 2.69. The van der Waals surface area contributed by atoms with Crippen molar-refractivity contribution in [3.8, 4) is 0 Å². The van der Waals surface area contributed by atoms with Crippen molar-refractivity contribution in [1.82, 2.24) is 14.1 Å². The Hall–Kier alpha value is -1.44. The van der Waals surface area contributed by atoms with Crippen molar-refractivity contribution in [3.05, 3.63) is 29.8 Å². The molecule has 1 aliphatic carbocycles. The van der Waals surface area contributed by atoms with E-state index in [0.717, 1.165) is 31.4 Å². The van der Waals surface area contributed by atoms with Gasteiger partial charge in [0.15, 0.2) is 0 Å². The first-order chi connectivity index (χ1) is 11.8. The largest absolute Gasteiger partial charge is 0.348 e. The average Bonchev–Trinajstić information content (AvgIpc) is 3.28. The van der Waals surface area contributed by atoms with E-state index >= 15 is 0 Å². The first-order valence-electron chi connectivity index (χ1n) is 8.89. The van der Waals surface area contributed by atoms with Crippen LogP contribution in [0.3, 0.4) is 0 Å². The van der Waals surface area contributed by atoms with Crippen LogP contribution in [0.4, 0.5) is 0 Å². The van der Waals surface area contributed by atoms with Crippen LogP contribution < -0.4 is 0 Å². The third-order valence-electron chi connectivity index (χ3n) is 5.74. The minimum Gasteiger partial charge on any atom is -0.348 e. The highest BCUT2D eigenvalue weighted by Crippen LogP contribution is 2.50. The zero-order valence-electron chi connectivity index (χ0n) is 14.8. The number of fused-ring (bicyclic) bond motifs is 2.